The Balaban J connectivity index is 1.21. The molecule has 34 heavy (non-hydrogen) atoms. The molecule has 0 bridgehead atoms. The lowest BCUT2D eigenvalue weighted by Crippen LogP contribution is -2.40. The van der Waals surface area contributed by atoms with E-state index >= 15 is 0 Å². The predicted molar refractivity (Wildman–Crippen MR) is 127 cm³/mol. The number of hydrogen-bond acceptors (Lipinski definition) is 5. The number of H-pyrrole nitrogens is 1. The van der Waals surface area contributed by atoms with Crippen LogP contribution >= 0.6 is 0 Å². The van der Waals surface area contributed by atoms with E-state index in [0.717, 1.165) is 23.9 Å². The number of nitrogens with zero attached hydrogens (tertiary/aromatic N) is 2. The molecule has 1 amide bonds. The Morgan fingerprint density at radius 3 is 2.50 bits per heavy atom. The molecule has 0 aliphatic carbocycles. The van der Waals surface area contributed by atoms with Crippen LogP contribution in [0.15, 0.2) is 58.2 Å². The van der Waals surface area contributed by atoms with E-state index in [4.69, 9.17) is 4.74 Å². The molecule has 10 heteroatoms. The highest BCUT2D eigenvalue weighted by molar-refractivity contribution is 7.89. The SMILES string of the molecule is O=C(c1ccc(S(=O)(=O)NC[C@H]2CCCO2)cc1)N1CCC(n2c(=O)[nH]c3ccccc32)CC1. The Morgan fingerprint density at radius 2 is 1.79 bits per heavy atom. The van der Waals surface area contributed by atoms with E-state index < -0.39 is 10.0 Å². The molecule has 2 fully saturated rings. The molecule has 0 saturated carbocycles. The third kappa shape index (κ3) is 4.53. The number of ether oxygens (including phenoxy) is 1. The van der Waals surface area contributed by atoms with Gasteiger partial charge in [0.15, 0.2) is 0 Å². The van der Waals surface area contributed by atoms with Gasteiger partial charge in [-0.2, -0.15) is 0 Å². The number of aromatic nitrogens is 2. The number of amides is 1. The first kappa shape index (κ1) is 22.8. The third-order valence-electron chi connectivity index (χ3n) is 6.68. The van der Waals surface area contributed by atoms with E-state index in [-0.39, 0.29) is 35.2 Å². The van der Waals surface area contributed by atoms with Gasteiger partial charge < -0.3 is 14.6 Å². The summed E-state index contributed by atoms with van der Waals surface area (Å²) in [5, 5.41) is 0. The largest absolute Gasteiger partial charge is 0.377 e. The van der Waals surface area contributed by atoms with Crippen LogP contribution in [0.3, 0.4) is 0 Å². The molecule has 0 spiro atoms. The molecule has 0 unspecified atom stereocenters. The Hall–Kier alpha value is -2.95. The molecular formula is C24H28N4O5S. The second kappa shape index (κ2) is 9.36. The number of carbonyl (C=O) groups is 1. The van der Waals surface area contributed by atoms with Crippen molar-refractivity contribution in [2.45, 2.75) is 42.7 Å². The Labute approximate surface area is 197 Å². The quantitative estimate of drug-likeness (QED) is 0.557. The molecule has 2 aliphatic heterocycles. The van der Waals surface area contributed by atoms with Gasteiger partial charge in [-0.3, -0.25) is 9.36 Å². The van der Waals surface area contributed by atoms with Crippen molar-refractivity contribution >= 4 is 27.0 Å². The maximum Gasteiger partial charge on any atom is 0.326 e. The fourth-order valence-corrected chi connectivity index (χ4v) is 5.88. The lowest BCUT2D eigenvalue weighted by molar-refractivity contribution is 0.0695. The molecule has 1 atom stereocenters. The van der Waals surface area contributed by atoms with Crippen molar-refractivity contribution in [1.82, 2.24) is 19.2 Å². The van der Waals surface area contributed by atoms with Gasteiger partial charge in [-0.15, -0.1) is 0 Å². The number of sulfonamides is 1. The van der Waals surface area contributed by atoms with Crippen LogP contribution in [0.25, 0.3) is 11.0 Å². The van der Waals surface area contributed by atoms with Crippen molar-refractivity contribution in [3.05, 3.63) is 64.6 Å². The van der Waals surface area contributed by atoms with E-state index in [1.807, 2.05) is 24.3 Å². The average Bonchev–Trinajstić information content (AvgIpc) is 3.49. The molecule has 2 N–H and O–H groups in total. The van der Waals surface area contributed by atoms with Gasteiger partial charge in [0.2, 0.25) is 10.0 Å². The van der Waals surface area contributed by atoms with Crippen LogP contribution < -0.4 is 10.4 Å². The van der Waals surface area contributed by atoms with E-state index in [1.165, 1.54) is 12.1 Å². The summed E-state index contributed by atoms with van der Waals surface area (Å²) in [5.41, 5.74) is 2.00. The summed E-state index contributed by atoms with van der Waals surface area (Å²) in [6, 6.07) is 13.7. The van der Waals surface area contributed by atoms with E-state index in [0.29, 0.717) is 38.1 Å². The number of imidazole rings is 1. The summed E-state index contributed by atoms with van der Waals surface area (Å²) in [6.45, 7) is 1.97. The van der Waals surface area contributed by atoms with Crippen LogP contribution in [0.1, 0.15) is 42.1 Å². The van der Waals surface area contributed by atoms with Crippen LogP contribution in [0, 0.1) is 0 Å². The van der Waals surface area contributed by atoms with Crippen molar-refractivity contribution < 1.29 is 17.9 Å². The van der Waals surface area contributed by atoms with Crippen molar-refractivity contribution in [2.24, 2.45) is 0 Å². The minimum Gasteiger partial charge on any atom is -0.377 e. The molecule has 180 valence electrons. The second-order valence-electron chi connectivity index (χ2n) is 8.85. The van der Waals surface area contributed by atoms with Crippen LogP contribution in [0.4, 0.5) is 0 Å². The fraction of sp³-hybridized carbons (Fsp3) is 0.417. The van der Waals surface area contributed by atoms with Crippen molar-refractivity contribution in [2.75, 3.05) is 26.2 Å². The summed E-state index contributed by atoms with van der Waals surface area (Å²) >= 11 is 0. The molecule has 5 rings (SSSR count). The first-order valence-electron chi connectivity index (χ1n) is 11.6. The molecule has 2 aliphatic rings. The fourth-order valence-electron chi connectivity index (χ4n) is 4.81. The summed E-state index contributed by atoms with van der Waals surface area (Å²) in [7, 11) is -3.66. The second-order valence-corrected chi connectivity index (χ2v) is 10.6. The highest BCUT2D eigenvalue weighted by Gasteiger charge is 2.27. The number of aromatic amines is 1. The normalized spacial score (nSPS) is 19.6. The van der Waals surface area contributed by atoms with Gasteiger partial charge in [-0.05, 0) is 62.1 Å². The number of fused-ring (bicyclic) bond motifs is 1. The average molecular weight is 485 g/mol. The molecule has 0 radical (unpaired) electrons. The van der Waals surface area contributed by atoms with Gasteiger partial charge in [-0.1, -0.05) is 12.1 Å². The number of piperidine rings is 1. The lowest BCUT2D eigenvalue weighted by Gasteiger charge is -2.32. The van der Waals surface area contributed by atoms with E-state index in [9.17, 15) is 18.0 Å². The maximum atomic E-state index is 13.0. The van der Waals surface area contributed by atoms with Gasteiger partial charge in [-0.25, -0.2) is 17.9 Å². The topological polar surface area (TPSA) is 113 Å². The standard InChI is InChI=1S/C24H28N4O5S/c29-23(17-7-9-20(10-8-17)34(31,32)25-16-19-4-3-15-33-19)27-13-11-18(12-14-27)28-22-6-2-1-5-21(22)26-24(28)30/h1-2,5-10,18-19,25H,3-4,11-16H2,(H,26,30)/t19-/m1/s1. The number of likely N-dealkylation sites (tertiary alicyclic amines) is 1. The number of hydrogen-bond donors (Lipinski definition) is 2. The van der Waals surface area contributed by atoms with Gasteiger partial charge >= 0.3 is 5.69 Å². The third-order valence-corrected chi connectivity index (χ3v) is 8.12. The lowest BCUT2D eigenvalue weighted by atomic mass is 10.0. The minimum absolute atomic E-state index is 0.0233. The maximum absolute atomic E-state index is 13.0. The summed E-state index contributed by atoms with van der Waals surface area (Å²) < 4.78 is 34.9. The zero-order valence-corrected chi connectivity index (χ0v) is 19.6. The highest BCUT2D eigenvalue weighted by Crippen LogP contribution is 2.26. The van der Waals surface area contributed by atoms with E-state index in [2.05, 4.69) is 9.71 Å². The molecular weight excluding hydrogens is 456 g/mol. The monoisotopic (exact) mass is 484 g/mol. The molecule has 1 aromatic heterocycles. The molecule has 2 saturated heterocycles. The molecule has 3 aromatic rings. The number of para-hydroxylation sites is 2. The molecule has 3 heterocycles. The zero-order chi connectivity index (χ0) is 23.7. The van der Waals surface area contributed by atoms with Gasteiger partial charge in [0, 0.05) is 37.8 Å². The number of rotatable bonds is 6. The molecule has 9 nitrogen and oxygen atoms in total. The van der Waals surface area contributed by atoms with Crippen molar-refractivity contribution in [3.8, 4) is 0 Å². The summed E-state index contributed by atoms with van der Waals surface area (Å²) in [4.78, 5) is 30.3. The Morgan fingerprint density at radius 1 is 1.06 bits per heavy atom. The number of benzene rings is 2. The van der Waals surface area contributed by atoms with Crippen LogP contribution in [-0.2, 0) is 14.8 Å². The number of nitrogens with one attached hydrogen (secondary N) is 2. The van der Waals surface area contributed by atoms with Gasteiger partial charge in [0.25, 0.3) is 5.91 Å². The summed E-state index contributed by atoms with van der Waals surface area (Å²) in [5.74, 6) is -0.138. The molecule has 2 aromatic carbocycles. The van der Waals surface area contributed by atoms with Crippen LogP contribution in [0.5, 0.6) is 0 Å². The van der Waals surface area contributed by atoms with Crippen molar-refractivity contribution in [1.29, 1.82) is 0 Å². The number of carbonyl (C=O) groups excluding carboxylic acids is 1. The smallest absolute Gasteiger partial charge is 0.326 e. The predicted octanol–water partition coefficient (Wildman–Crippen LogP) is 2.26. The van der Waals surface area contributed by atoms with Gasteiger partial charge in [0.05, 0.1) is 22.0 Å². The van der Waals surface area contributed by atoms with Gasteiger partial charge in [0.1, 0.15) is 0 Å². The highest BCUT2D eigenvalue weighted by atomic mass is 32.2. The van der Waals surface area contributed by atoms with Crippen molar-refractivity contribution in [3.63, 3.8) is 0 Å². The minimum atomic E-state index is -3.66. The zero-order valence-electron chi connectivity index (χ0n) is 18.8. The van der Waals surface area contributed by atoms with Crippen LogP contribution in [-0.4, -0.2) is 61.1 Å². The first-order chi connectivity index (χ1) is 16.4. The van der Waals surface area contributed by atoms with Crippen LogP contribution in [0.2, 0.25) is 0 Å². The Kier molecular flexibility index (Phi) is 6.28. The first-order valence-corrected chi connectivity index (χ1v) is 13.1. The summed E-state index contributed by atoms with van der Waals surface area (Å²) in [6.07, 6.45) is 3.06. The van der Waals surface area contributed by atoms with E-state index in [1.54, 1.807) is 21.6 Å². The Bertz CT molecular complexity index is 1330.